The predicted octanol–water partition coefficient (Wildman–Crippen LogP) is 0.365. The van der Waals surface area contributed by atoms with Gasteiger partial charge in [-0.2, -0.15) is 0 Å². The SMILES string of the molecule is O=C(O)C1=C(C=NO)CS[C@H]2[C@H](N3C(=O)c4ccccc4C3=O)C(=O)N12. The molecule has 10 heteroatoms. The number of hydrogen-bond donors (Lipinski definition) is 2. The van der Waals surface area contributed by atoms with Gasteiger partial charge < -0.3 is 10.3 Å². The molecule has 0 saturated carbocycles. The summed E-state index contributed by atoms with van der Waals surface area (Å²) >= 11 is 1.20. The normalized spacial score (nSPS) is 24.8. The Morgan fingerprint density at radius 2 is 1.77 bits per heavy atom. The lowest BCUT2D eigenvalue weighted by Crippen LogP contribution is -2.71. The van der Waals surface area contributed by atoms with Gasteiger partial charge in [0.25, 0.3) is 17.7 Å². The van der Waals surface area contributed by atoms with Gasteiger partial charge in [-0.25, -0.2) is 4.79 Å². The molecule has 3 amide bonds. The van der Waals surface area contributed by atoms with E-state index in [1.165, 1.54) is 23.9 Å². The first-order chi connectivity index (χ1) is 12.5. The summed E-state index contributed by atoms with van der Waals surface area (Å²) in [6.45, 7) is 0. The van der Waals surface area contributed by atoms with E-state index in [1.807, 2.05) is 0 Å². The van der Waals surface area contributed by atoms with Crippen LogP contribution in [0.4, 0.5) is 0 Å². The molecule has 0 aliphatic carbocycles. The number of fused-ring (bicyclic) bond motifs is 2. The minimum atomic E-state index is -1.35. The molecule has 0 radical (unpaired) electrons. The zero-order valence-corrected chi connectivity index (χ0v) is 13.8. The van der Waals surface area contributed by atoms with Crippen LogP contribution in [0.3, 0.4) is 0 Å². The molecule has 1 fully saturated rings. The highest BCUT2D eigenvalue weighted by atomic mass is 32.2. The van der Waals surface area contributed by atoms with Gasteiger partial charge in [0.1, 0.15) is 17.1 Å². The lowest BCUT2D eigenvalue weighted by molar-refractivity contribution is -0.151. The van der Waals surface area contributed by atoms with Crippen molar-refractivity contribution in [1.82, 2.24) is 9.80 Å². The molecule has 0 unspecified atom stereocenters. The molecule has 3 aliphatic rings. The van der Waals surface area contributed by atoms with Crippen molar-refractivity contribution in [3.05, 3.63) is 46.7 Å². The van der Waals surface area contributed by atoms with Gasteiger partial charge in [0.05, 0.1) is 17.3 Å². The number of nitrogens with zero attached hydrogens (tertiary/aromatic N) is 3. The summed E-state index contributed by atoms with van der Waals surface area (Å²) in [4.78, 5) is 51.3. The van der Waals surface area contributed by atoms with Crippen molar-refractivity contribution in [3.8, 4) is 0 Å². The molecule has 26 heavy (non-hydrogen) atoms. The van der Waals surface area contributed by atoms with Crippen LogP contribution in [0.25, 0.3) is 0 Å². The second-order valence-corrected chi connectivity index (χ2v) is 6.91. The first-order valence-electron chi connectivity index (χ1n) is 7.53. The standard InChI is InChI=1S/C16H11N3O6S/c20-12-8-3-1-2-4-9(8)13(21)18(12)11-14(22)19-10(16(23)24)7(5-17-25)6-26-15(11)19/h1-5,11,15,25H,6H2,(H,23,24)/t11-,15+/m1/s1. The summed E-state index contributed by atoms with van der Waals surface area (Å²) in [6.07, 6.45) is 0.968. The smallest absolute Gasteiger partial charge is 0.353 e. The number of oxime groups is 1. The number of β-lactam (4-membered cyclic amide) rings is 1. The summed E-state index contributed by atoms with van der Waals surface area (Å²) in [5.74, 6) is -2.96. The Kier molecular flexibility index (Phi) is 3.58. The van der Waals surface area contributed by atoms with E-state index in [0.717, 1.165) is 16.0 Å². The van der Waals surface area contributed by atoms with Crippen LogP contribution in [-0.2, 0) is 9.59 Å². The molecule has 9 nitrogen and oxygen atoms in total. The maximum absolute atomic E-state index is 12.7. The molecule has 2 atom stereocenters. The molecule has 4 rings (SSSR count). The zero-order chi connectivity index (χ0) is 18.6. The van der Waals surface area contributed by atoms with Crippen LogP contribution >= 0.6 is 11.8 Å². The summed E-state index contributed by atoms with van der Waals surface area (Å²) in [5.41, 5.74) is 0.332. The molecule has 2 N–H and O–H groups in total. The van der Waals surface area contributed by atoms with Gasteiger partial charge in [-0.05, 0) is 12.1 Å². The lowest BCUT2D eigenvalue weighted by Gasteiger charge is -2.51. The van der Waals surface area contributed by atoms with Crippen LogP contribution in [0.1, 0.15) is 20.7 Å². The van der Waals surface area contributed by atoms with Crippen LogP contribution in [0, 0.1) is 0 Å². The van der Waals surface area contributed by atoms with Gasteiger partial charge in [0, 0.05) is 11.3 Å². The Balaban J connectivity index is 1.70. The number of carboxylic acids is 1. The van der Waals surface area contributed by atoms with Gasteiger partial charge >= 0.3 is 5.97 Å². The second-order valence-electron chi connectivity index (χ2n) is 5.80. The summed E-state index contributed by atoms with van der Waals surface area (Å²) in [6, 6.07) is 5.23. The Morgan fingerprint density at radius 1 is 1.15 bits per heavy atom. The number of benzene rings is 1. The Morgan fingerprint density at radius 3 is 2.31 bits per heavy atom. The molecule has 0 aromatic heterocycles. The summed E-state index contributed by atoms with van der Waals surface area (Å²) in [7, 11) is 0. The zero-order valence-electron chi connectivity index (χ0n) is 13.0. The van der Waals surface area contributed by atoms with Crippen LogP contribution in [-0.4, -0.2) is 67.2 Å². The minimum absolute atomic E-state index is 0.166. The van der Waals surface area contributed by atoms with Crippen molar-refractivity contribution in [2.45, 2.75) is 11.4 Å². The van der Waals surface area contributed by atoms with Crippen molar-refractivity contribution >= 4 is 41.7 Å². The molecule has 0 spiro atoms. The van der Waals surface area contributed by atoms with E-state index >= 15 is 0 Å². The maximum Gasteiger partial charge on any atom is 0.353 e. The number of hydrogen-bond acceptors (Lipinski definition) is 7. The van der Waals surface area contributed by atoms with Gasteiger partial charge in [-0.3, -0.25) is 24.2 Å². The van der Waals surface area contributed by atoms with Crippen molar-refractivity contribution in [3.63, 3.8) is 0 Å². The fraction of sp³-hybridized carbons (Fsp3) is 0.188. The number of imide groups is 1. The molecular weight excluding hydrogens is 362 g/mol. The maximum atomic E-state index is 12.7. The van der Waals surface area contributed by atoms with Gasteiger partial charge in [0.2, 0.25) is 0 Å². The highest BCUT2D eigenvalue weighted by Gasteiger charge is 2.59. The van der Waals surface area contributed by atoms with Crippen LogP contribution in [0.2, 0.25) is 0 Å². The average molecular weight is 373 g/mol. The number of aliphatic carboxylic acids is 1. The third-order valence-electron chi connectivity index (χ3n) is 4.49. The van der Waals surface area contributed by atoms with E-state index in [4.69, 9.17) is 5.21 Å². The molecule has 3 heterocycles. The third-order valence-corrected chi connectivity index (χ3v) is 5.78. The molecule has 1 aromatic carbocycles. The molecule has 132 valence electrons. The third kappa shape index (κ3) is 2.02. The van der Waals surface area contributed by atoms with Crippen LogP contribution < -0.4 is 0 Å². The van der Waals surface area contributed by atoms with E-state index in [1.54, 1.807) is 12.1 Å². The Hall–Kier alpha value is -3.14. The number of carbonyl (C=O) groups is 4. The van der Waals surface area contributed by atoms with Crippen molar-refractivity contribution in [1.29, 1.82) is 0 Å². The summed E-state index contributed by atoms with van der Waals surface area (Å²) in [5, 5.41) is 20.2. The van der Waals surface area contributed by atoms with Crippen LogP contribution in [0.15, 0.2) is 40.7 Å². The van der Waals surface area contributed by atoms with E-state index in [2.05, 4.69) is 5.16 Å². The summed E-state index contributed by atoms with van der Waals surface area (Å²) < 4.78 is 0. The van der Waals surface area contributed by atoms with Gasteiger partial charge in [0.15, 0.2) is 0 Å². The van der Waals surface area contributed by atoms with E-state index in [9.17, 15) is 24.3 Å². The topological polar surface area (TPSA) is 128 Å². The minimum Gasteiger partial charge on any atom is -0.477 e. The van der Waals surface area contributed by atoms with Crippen molar-refractivity contribution < 1.29 is 29.5 Å². The highest BCUT2D eigenvalue weighted by Crippen LogP contribution is 2.43. The molecule has 1 aromatic rings. The fourth-order valence-corrected chi connectivity index (χ4v) is 4.70. The first-order valence-corrected chi connectivity index (χ1v) is 8.57. The van der Waals surface area contributed by atoms with E-state index < -0.39 is 35.1 Å². The number of amides is 3. The van der Waals surface area contributed by atoms with E-state index in [0.29, 0.717) is 0 Å². The largest absolute Gasteiger partial charge is 0.477 e. The van der Waals surface area contributed by atoms with Crippen LogP contribution in [0.5, 0.6) is 0 Å². The first kappa shape index (κ1) is 16.3. The van der Waals surface area contributed by atoms with Crippen molar-refractivity contribution in [2.75, 3.05) is 5.75 Å². The predicted molar refractivity (Wildman–Crippen MR) is 88.8 cm³/mol. The molecule has 1 saturated heterocycles. The number of thioether (sulfide) groups is 1. The Labute approximate surface area is 150 Å². The Bertz CT molecular complexity index is 905. The second kappa shape index (κ2) is 5.70. The fourth-order valence-electron chi connectivity index (χ4n) is 3.36. The molecular formula is C16H11N3O6S. The number of carboxylic acid groups (broad SMARTS) is 1. The number of rotatable bonds is 3. The van der Waals surface area contributed by atoms with Crippen molar-refractivity contribution in [2.24, 2.45) is 5.16 Å². The monoisotopic (exact) mass is 373 g/mol. The van der Waals surface area contributed by atoms with Gasteiger partial charge in [-0.1, -0.05) is 17.3 Å². The highest BCUT2D eigenvalue weighted by molar-refractivity contribution is 8.00. The number of carbonyl (C=O) groups excluding carboxylic acids is 3. The molecule has 3 aliphatic heterocycles. The average Bonchev–Trinajstić information content (AvgIpc) is 2.87. The lowest BCUT2D eigenvalue weighted by atomic mass is 10.0. The van der Waals surface area contributed by atoms with Gasteiger partial charge in [-0.15, -0.1) is 11.8 Å². The van der Waals surface area contributed by atoms with E-state index in [-0.39, 0.29) is 28.1 Å². The molecule has 0 bridgehead atoms. The quantitative estimate of drug-likeness (QED) is 0.257.